The highest BCUT2D eigenvalue weighted by Gasteiger charge is 2.14. The van der Waals surface area contributed by atoms with Gasteiger partial charge >= 0.3 is 0 Å². The second-order valence-corrected chi connectivity index (χ2v) is 7.08. The average molecular weight is 367 g/mol. The van der Waals surface area contributed by atoms with E-state index in [0.717, 1.165) is 24.8 Å². The maximum absolute atomic E-state index is 5.25. The molecule has 25 heavy (non-hydrogen) atoms. The van der Waals surface area contributed by atoms with Crippen LogP contribution in [0.25, 0.3) is 0 Å². The van der Waals surface area contributed by atoms with Gasteiger partial charge in [0.15, 0.2) is 5.96 Å². The van der Waals surface area contributed by atoms with Gasteiger partial charge in [0.25, 0.3) is 0 Å². The van der Waals surface area contributed by atoms with Crippen molar-refractivity contribution in [2.75, 3.05) is 52.8 Å². The van der Waals surface area contributed by atoms with Crippen molar-refractivity contribution in [1.29, 1.82) is 0 Å². The van der Waals surface area contributed by atoms with Gasteiger partial charge in [0, 0.05) is 13.1 Å². The minimum atomic E-state index is 0.234. The first kappa shape index (κ1) is 21.6. The lowest BCUT2D eigenvalue weighted by molar-refractivity contribution is 0.306. The Kier molecular flexibility index (Phi) is 11.2. The molecule has 0 amide bonds. The van der Waals surface area contributed by atoms with E-state index in [1.54, 1.807) is 7.11 Å². The number of rotatable bonds is 11. The molecule has 0 aromatic heterocycles. The summed E-state index contributed by atoms with van der Waals surface area (Å²) in [6.45, 7) is 4.63. The quantitative estimate of drug-likeness (QED) is 0.358. The maximum atomic E-state index is 5.25. The number of hydrogen-bond donors (Lipinski definition) is 2. The molecule has 0 aliphatic rings. The molecule has 0 fully saturated rings. The molecule has 1 unspecified atom stereocenters. The van der Waals surface area contributed by atoms with E-state index >= 15 is 0 Å². The molecule has 6 heteroatoms. The van der Waals surface area contributed by atoms with Crippen molar-refractivity contribution < 1.29 is 4.74 Å². The van der Waals surface area contributed by atoms with Crippen LogP contribution in [0.5, 0.6) is 5.75 Å². The number of thioether (sulfide) groups is 1. The van der Waals surface area contributed by atoms with Gasteiger partial charge in [0.1, 0.15) is 5.75 Å². The molecule has 0 bridgehead atoms. The molecular weight excluding hydrogens is 332 g/mol. The summed E-state index contributed by atoms with van der Waals surface area (Å²) in [5.41, 5.74) is 1.24. The summed E-state index contributed by atoms with van der Waals surface area (Å²) in [4.78, 5) is 6.99. The summed E-state index contributed by atoms with van der Waals surface area (Å²) >= 11 is 1.90. The smallest absolute Gasteiger partial charge is 0.191 e. The van der Waals surface area contributed by atoms with Crippen molar-refractivity contribution in [2.45, 2.75) is 25.8 Å². The fraction of sp³-hybridized carbons (Fsp3) is 0.632. The fourth-order valence-electron chi connectivity index (χ4n) is 2.49. The SMILES string of the molecule is CCNC(=NCC(c1ccc(OC)cc1)N(C)C)NCCCCSC. The molecule has 0 saturated heterocycles. The molecule has 1 aromatic rings. The van der Waals surface area contributed by atoms with E-state index < -0.39 is 0 Å². The third-order valence-electron chi connectivity index (χ3n) is 3.96. The molecule has 0 heterocycles. The van der Waals surface area contributed by atoms with Gasteiger partial charge in [-0.05, 0) is 63.6 Å². The van der Waals surface area contributed by atoms with Crippen molar-refractivity contribution in [1.82, 2.24) is 15.5 Å². The number of nitrogens with zero attached hydrogens (tertiary/aromatic N) is 2. The van der Waals surface area contributed by atoms with Gasteiger partial charge in [-0.1, -0.05) is 12.1 Å². The Morgan fingerprint density at radius 2 is 1.92 bits per heavy atom. The molecule has 142 valence electrons. The fourth-order valence-corrected chi connectivity index (χ4v) is 2.98. The monoisotopic (exact) mass is 366 g/mol. The summed E-state index contributed by atoms with van der Waals surface area (Å²) in [7, 11) is 5.87. The molecular formula is C19H34N4OS. The van der Waals surface area contributed by atoms with Crippen molar-refractivity contribution in [3.05, 3.63) is 29.8 Å². The number of aliphatic imine (C=N–C) groups is 1. The first-order chi connectivity index (χ1) is 12.1. The Morgan fingerprint density at radius 1 is 1.20 bits per heavy atom. The third kappa shape index (κ3) is 8.50. The van der Waals surface area contributed by atoms with Crippen LogP contribution in [-0.2, 0) is 0 Å². The Hall–Kier alpha value is -1.40. The van der Waals surface area contributed by atoms with Crippen molar-refractivity contribution in [2.24, 2.45) is 4.99 Å². The van der Waals surface area contributed by atoms with Gasteiger partial charge in [0.2, 0.25) is 0 Å². The van der Waals surface area contributed by atoms with Crippen molar-refractivity contribution >= 4 is 17.7 Å². The zero-order chi connectivity index (χ0) is 18.5. The minimum Gasteiger partial charge on any atom is -0.497 e. The van der Waals surface area contributed by atoms with Crippen LogP contribution < -0.4 is 15.4 Å². The predicted molar refractivity (Wildman–Crippen MR) is 111 cm³/mol. The van der Waals surface area contributed by atoms with Crippen LogP contribution in [0.3, 0.4) is 0 Å². The minimum absolute atomic E-state index is 0.234. The van der Waals surface area contributed by atoms with E-state index in [0.29, 0.717) is 6.54 Å². The zero-order valence-corrected chi connectivity index (χ0v) is 17.2. The highest BCUT2D eigenvalue weighted by Crippen LogP contribution is 2.21. The highest BCUT2D eigenvalue weighted by atomic mass is 32.2. The molecule has 0 spiro atoms. The number of benzene rings is 1. The molecule has 1 atom stereocenters. The van der Waals surface area contributed by atoms with Gasteiger partial charge < -0.3 is 20.3 Å². The molecule has 0 aliphatic carbocycles. The van der Waals surface area contributed by atoms with Gasteiger partial charge in [-0.15, -0.1) is 0 Å². The molecule has 0 radical (unpaired) electrons. The van der Waals surface area contributed by atoms with E-state index in [4.69, 9.17) is 9.73 Å². The number of likely N-dealkylation sites (N-methyl/N-ethyl adjacent to an activating group) is 1. The Morgan fingerprint density at radius 3 is 2.48 bits per heavy atom. The largest absolute Gasteiger partial charge is 0.497 e. The summed E-state index contributed by atoms with van der Waals surface area (Å²) in [5.74, 6) is 2.99. The van der Waals surface area contributed by atoms with Crippen LogP contribution in [0, 0.1) is 0 Å². The molecule has 2 N–H and O–H groups in total. The topological polar surface area (TPSA) is 48.9 Å². The van der Waals surface area contributed by atoms with Crippen LogP contribution in [0.2, 0.25) is 0 Å². The number of guanidine groups is 1. The lowest BCUT2D eigenvalue weighted by Crippen LogP contribution is -2.38. The van der Waals surface area contributed by atoms with E-state index in [2.05, 4.69) is 54.9 Å². The first-order valence-electron chi connectivity index (χ1n) is 8.93. The van der Waals surface area contributed by atoms with E-state index in [1.165, 1.54) is 24.2 Å². The normalized spacial score (nSPS) is 13.0. The molecule has 0 saturated carbocycles. The number of unbranched alkanes of at least 4 members (excludes halogenated alkanes) is 1. The molecule has 1 rings (SSSR count). The van der Waals surface area contributed by atoms with Crippen LogP contribution in [0.4, 0.5) is 0 Å². The van der Waals surface area contributed by atoms with E-state index in [9.17, 15) is 0 Å². The lowest BCUT2D eigenvalue weighted by atomic mass is 10.1. The summed E-state index contributed by atoms with van der Waals surface area (Å²) in [6, 6.07) is 8.47. The molecule has 5 nitrogen and oxygen atoms in total. The maximum Gasteiger partial charge on any atom is 0.191 e. The number of nitrogens with one attached hydrogen (secondary N) is 2. The standard InChI is InChI=1S/C19H34N4OS/c1-6-20-19(21-13-7-8-14-25-5)22-15-18(23(2)3)16-9-11-17(24-4)12-10-16/h9-12,18H,6-8,13-15H2,1-5H3,(H2,20,21,22). The zero-order valence-electron chi connectivity index (χ0n) is 16.3. The number of hydrogen-bond acceptors (Lipinski definition) is 4. The van der Waals surface area contributed by atoms with Crippen molar-refractivity contribution in [3.63, 3.8) is 0 Å². The second kappa shape index (κ2) is 12.9. The number of ether oxygens (including phenoxy) is 1. The Balaban J connectivity index is 2.67. The van der Waals surface area contributed by atoms with Gasteiger partial charge in [-0.3, -0.25) is 4.99 Å². The summed E-state index contributed by atoms with van der Waals surface area (Å²) in [6.07, 6.45) is 4.56. The van der Waals surface area contributed by atoms with Crippen LogP contribution in [0.15, 0.2) is 29.3 Å². The lowest BCUT2D eigenvalue weighted by Gasteiger charge is -2.24. The van der Waals surface area contributed by atoms with Crippen LogP contribution in [0.1, 0.15) is 31.4 Å². The molecule has 0 aliphatic heterocycles. The molecule has 1 aromatic carbocycles. The Labute approximate surface area is 157 Å². The highest BCUT2D eigenvalue weighted by molar-refractivity contribution is 7.98. The Bertz CT molecular complexity index is 491. The second-order valence-electron chi connectivity index (χ2n) is 6.10. The van der Waals surface area contributed by atoms with Gasteiger partial charge in [-0.25, -0.2) is 0 Å². The van der Waals surface area contributed by atoms with Crippen LogP contribution >= 0.6 is 11.8 Å². The van der Waals surface area contributed by atoms with Crippen LogP contribution in [-0.4, -0.2) is 63.7 Å². The van der Waals surface area contributed by atoms with Crippen molar-refractivity contribution in [3.8, 4) is 5.75 Å². The summed E-state index contributed by atoms with van der Waals surface area (Å²) in [5, 5.41) is 6.77. The van der Waals surface area contributed by atoms with Gasteiger partial charge in [-0.2, -0.15) is 11.8 Å². The average Bonchev–Trinajstić information content (AvgIpc) is 2.61. The first-order valence-corrected chi connectivity index (χ1v) is 10.3. The summed E-state index contributed by atoms with van der Waals surface area (Å²) < 4.78 is 5.25. The third-order valence-corrected chi connectivity index (χ3v) is 4.66. The van der Waals surface area contributed by atoms with E-state index in [1.807, 2.05) is 23.9 Å². The number of methoxy groups -OCH3 is 1. The predicted octanol–water partition coefficient (Wildman–Crippen LogP) is 3.00. The van der Waals surface area contributed by atoms with Gasteiger partial charge in [0.05, 0.1) is 19.7 Å². The van der Waals surface area contributed by atoms with E-state index in [-0.39, 0.29) is 6.04 Å².